The lowest BCUT2D eigenvalue weighted by Crippen LogP contribution is -2.36. The van der Waals surface area contributed by atoms with E-state index in [0.717, 1.165) is 0 Å². The Hall–Kier alpha value is -0.460. The quantitative estimate of drug-likeness (QED) is 0.790. The van der Waals surface area contributed by atoms with Gasteiger partial charge in [-0.2, -0.15) is 4.31 Å². The number of halogens is 1. The van der Waals surface area contributed by atoms with Crippen LogP contribution in [0.4, 0.5) is 0 Å². The summed E-state index contributed by atoms with van der Waals surface area (Å²) in [7, 11) is -1.85. The highest BCUT2D eigenvalue weighted by Gasteiger charge is 2.24. The summed E-state index contributed by atoms with van der Waals surface area (Å²) in [6.45, 7) is 1.84. The first-order valence-electron chi connectivity index (χ1n) is 4.44. The van der Waals surface area contributed by atoms with E-state index in [4.69, 9.17) is 0 Å². The van der Waals surface area contributed by atoms with Gasteiger partial charge in [-0.05, 0) is 19.1 Å². The molecule has 0 aliphatic carbocycles. The fraction of sp³-hybridized carbons (Fsp3) is 0.444. The monoisotopic (exact) mass is 292 g/mol. The van der Waals surface area contributed by atoms with Crippen molar-refractivity contribution >= 4 is 26.0 Å². The van der Waals surface area contributed by atoms with Gasteiger partial charge in [0, 0.05) is 30.8 Å². The number of sulfonamides is 1. The first-order valence-corrected chi connectivity index (χ1v) is 7.00. The van der Waals surface area contributed by atoms with Gasteiger partial charge in [-0.15, -0.1) is 0 Å². The van der Waals surface area contributed by atoms with Crippen LogP contribution in [0.1, 0.15) is 6.92 Å². The highest BCUT2D eigenvalue weighted by Crippen LogP contribution is 2.15. The van der Waals surface area contributed by atoms with Gasteiger partial charge in [0.1, 0.15) is 4.90 Å². The molecule has 1 aromatic heterocycles. The van der Waals surface area contributed by atoms with Gasteiger partial charge in [-0.1, -0.05) is 15.9 Å². The Morgan fingerprint density at radius 1 is 1.60 bits per heavy atom. The van der Waals surface area contributed by atoms with Crippen LogP contribution in [0.5, 0.6) is 0 Å². The third-order valence-corrected chi connectivity index (χ3v) is 5.05. The minimum atomic E-state index is -3.41. The minimum Gasteiger partial charge on any atom is -0.263 e. The normalized spacial score (nSPS) is 14.1. The second-order valence-corrected chi connectivity index (χ2v) is 5.86. The van der Waals surface area contributed by atoms with Gasteiger partial charge in [-0.3, -0.25) is 4.98 Å². The Bertz CT molecular complexity index is 407. The van der Waals surface area contributed by atoms with E-state index in [-0.39, 0.29) is 10.9 Å². The molecule has 1 rings (SSSR count). The Kier molecular flexibility index (Phi) is 4.24. The summed E-state index contributed by atoms with van der Waals surface area (Å²) in [5.41, 5.74) is 0. The maximum atomic E-state index is 12.0. The van der Waals surface area contributed by atoms with E-state index in [1.54, 1.807) is 25.4 Å². The van der Waals surface area contributed by atoms with Gasteiger partial charge in [0.2, 0.25) is 10.0 Å². The Balaban J connectivity index is 3.04. The Morgan fingerprint density at radius 2 is 2.27 bits per heavy atom. The first kappa shape index (κ1) is 12.6. The molecular formula is C9H13BrN2O2S. The average molecular weight is 293 g/mol. The Morgan fingerprint density at radius 3 is 2.73 bits per heavy atom. The summed E-state index contributed by atoms with van der Waals surface area (Å²) in [5.74, 6) is 0. The molecule has 0 aromatic carbocycles. The number of nitrogens with zero attached hydrogens (tertiary/aromatic N) is 2. The van der Waals surface area contributed by atoms with Crippen LogP contribution in [-0.4, -0.2) is 36.1 Å². The molecule has 6 heteroatoms. The molecule has 0 N–H and O–H groups in total. The summed E-state index contributed by atoms with van der Waals surface area (Å²) in [5, 5.41) is 0.600. The van der Waals surface area contributed by atoms with E-state index in [0.29, 0.717) is 5.33 Å². The largest absolute Gasteiger partial charge is 0.263 e. The minimum absolute atomic E-state index is 0.0878. The lowest BCUT2D eigenvalue weighted by Gasteiger charge is -2.22. The summed E-state index contributed by atoms with van der Waals surface area (Å²) < 4.78 is 25.3. The van der Waals surface area contributed by atoms with Crippen molar-refractivity contribution in [3.63, 3.8) is 0 Å². The topological polar surface area (TPSA) is 50.3 Å². The number of rotatable bonds is 4. The molecule has 0 amide bonds. The smallest absolute Gasteiger partial charge is 0.244 e. The number of pyridine rings is 1. The van der Waals surface area contributed by atoms with Crippen molar-refractivity contribution in [3.05, 3.63) is 24.5 Å². The van der Waals surface area contributed by atoms with Crippen LogP contribution in [0.3, 0.4) is 0 Å². The molecule has 4 nitrogen and oxygen atoms in total. The maximum absolute atomic E-state index is 12.0. The number of aromatic nitrogens is 1. The molecule has 0 aliphatic rings. The summed E-state index contributed by atoms with van der Waals surface area (Å²) >= 11 is 3.26. The van der Waals surface area contributed by atoms with Crippen molar-refractivity contribution in [2.75, 3.05) is 12.4 Å². The molecule has 1 unspecified atom stereocenters. The molecule has 0 saturated carbocycles. The van der Waals surface area contributed by atoms with Crippen LogP contribution in [-0.2, 0) is 10.0 Å². The van der Waals surface area contributed by atoms with E-state index in [2.05, 4.69) is 20.9 Å². The maximum Gasteiger partial charge on any atom is 0.244 e. The highest BCUT2D eigenvalue weighted by atomic mass is 79.9. The van der Waals surface area contributed by atoms with Crippen LogP contribution in [0.15, 0.2) is 29.4 Å². The molecular weight excluding hydrogens is 280 g/mol. The van der Waals surface area contributed by atoms with E-state index in [1.165, 1.54) is 10.5 Å². The van der Waals surface area contributed by atoms with Gasteiger partial charge in [0.05, 0.1) is 0 Å². The van der Waals surface area contributed by atoms with Crippen molar-refractivity contribution < 1.29 is 8.42 Å². The zero-order valence-electron chi connectivity index (χ0n) is 8.59. The van der Waals surface area contributed by atoms with Crippen molar-refractivity contribution in [1.29, 1.82) is 0 Å². The number of alkyl halides is 1. The standard InChI is InChI=1S/C9H13BrN2O2S/c1-8(6-10)12(2)15(13,14)9-4-3-5-11-7-9/h3-5,7-8H,6H2,1-2H3. The van der Waals surface area contributed by atoms with Gasteiger partial charge < -0.3 is 0 Å². The van der Waals surface area contributed by atoms with Crippen molar-refractivity contribution in [1.82, 2.24) is 9.29 Å². The van der Waals surface area contributed by atoms with E-state index in [1.807, 2.05) is 6.92 Å². The summed E-state index contributed by atoms with van der Waals surface area (Å²) in [6.07, 6.45) is 2.90. The molecule has 1 atom stereocenters. The average Bonchev–Trinajstić information content (AvgIpc) is 2.28. The molecule has 0 fully saturated rings. The van der Waals surface area contributed by atoms with Gasteiger partial charge in [0.25, 0.3) is 0 Å². The lowest BCUT2D eigenvalue weighted by atomic mass is 10.4. The lowest BCUT2D eigenvalue weighted by molar-refractivity contribution is 0.416. The second-order valence-electron chi connectivity index (χ2n) is 3.21. The number of hydrogen-bond acceptors (Lipinski definition) is 3. The van der Waals surface area contributed by atoms with E-state index < -0.39 is 10.0 Å². The summed E-state index contributed by atoms with van der Waals surface area (Å²) in [6, 6.07) is 3.06. The van der Waals surface area contributed by atoms with Crippen molar-refractivity contribution in [2.45, 2.75) is 17.9 Å². The Labute approximate surface area is 98.5 Å². The molecule has 0 spiro atoms. The second kappa shape index (κ2) is 5.05. The van der Waals surface area contributed by atoms with Crippen molar-refractivity contribution in [3.8, 4) is 0 Å². The van der Waals surface area contributed by atoms with Crippen LogP contribution >= 0.6 is 15.9 Å². The third-order valence-electron chi connectivity index (χ3n) is 2.16. The zero-order valence-corrected chi connectivity index (χ0v) is 11.0. The van der Waals surface area contributed by atoms with Crippen LogP contribution < -0.4 is 0 Å². The molecule has 84 valence electrons. The predicted octanol–water partition coefficient (Wildman–Crippen LogP) is 1.49. The van der Waals surface area contributed by atoms with E-state index in [9.17, 15) is 8.42 Å². The van der Waals surface area contributed by atoms with Crippen LogP contribution in [0, 0.1) is 0 Å². The van der Waals surface area contributed by atoms with Gasteiger partial charge in [0.15, 0.2) is 0 Å². The first-order chi connectivity index (χ1) is 7.00. The van der Waals surface area contributed by atoms with Crippen molar-refractivity contribution in [2.24, 2.45) is 0 Å². The van der Waals surface area contributed by atoms with Crippen LogP contribution in [0.2, 0.25) is 0 Å². The zero-order chi connectivity index (χ0) is 11.5. The summed E-state index contributed by atoms with van der Waals surface area (Å²) in [4.78, 5) is 4.02. The molecule has 15 heavy (non-hydrogen) atoms. The molecule has 0 bridgehead atoms. The van der Waals surface area contributed by atoms with E-state index >= 15 is 0 Å². The fourth-order valence-corrected chi connectivity index (χ4v) is 2.95. The number of hydrogen-bond donors (Lipinski definition) is 0. The molecule has 1 heterocycles. The van der Waals surface area contributed by atoms with Gasteiger partial charge >= 0.3 is 0 Å². The van der Waals surface area contributed by atoms with Gasteiger partial charge in [-0.25, -0.2) is 8.42 Å². The predicted molar refractivity (Wildman–Crippen MR) is 62.4 cm³/mol. The molecule has 0 saturated heterocycles. The molecule has 0 radical (unpaired) electrons. The highest BCUT2D eigenvalue weighted by molar-refractivity contribution is 9.09. The fourth-order valence-electron chi connectivity index (χ4n) is 1.00. The SMILES string of the molecule is CC(CBr)N(C)S(=O)(=O)c1cccnc1. The molecule has 0 aliphatic heterocycles. The van der Waals surface area contributed by atoms with Crippen LogP contribution in [0.25, 0.3) is 0 Å². The molecule has 1 aromatic rings. The third kappa shape index (κ3) is 2.76.